The standard InChI is InChI=1S/C13H22N4O4/c1-4-5-10-12(17(20)21)13(16(3)15-10)14-8-9(2)6-7-11(18)19/h9,14H,4-8H2,1-3H3,(H,18,19). The summed E-state index contributed by atoms with van der Waals surface area (Å²) in [6.45, 7) is 4.32. The SMILES string of the molecule is CCCc1nn(C)c(NCC(C)CCC(=O)O)c1[N+](=O)[O-]. The summed E-state index contributed by atoms with van der Waals surface area (Å²) in [4.78, 5) is 21.3. The number of rotatable bonds is 9. The van der Waals surface area contributed by atoms with Gasteiger partial charge in [0.2, 0.25) is 5.82 Å². The fourth-order valence-electron chi connectivity index (χ4n) is 2.11. The van der Waals surface area contributed by atoms with Crippen molar-refractivity contribution >= 4 is 17.5 Å². The minimum Gasteiger partial charge on any atom is -0.481 e. The Morgan fingerprint density at radius 2 is 2.24 bits per heavy atom. The molecule has 0 fully saturated rings. The Labute approximate surface area is 123 Å². The molecule has 2 N–H and O–H groups in total. The van der Waals surface area contributed by atoms with Crippen LogP contribution in [0.1, 0.15) is 38.8 Å². The van der Waals surface area contributed by atoms with Crippen molar-refractivity contribution in [3.8, 4) is 0 Å². The fourth-order valence-corrected chi connectivity index (χ4v) is 2.11. The quantitative estimate of drug-likeness (QED) is 0.534. The molecular weight excluding hydrogens is 276 g/mol. The molecule has 1 aromatic rings. The lowest BCUT2D eigenvalue weighted by Crippen LogP contribution is -2.15. The first-order valence-corrected chi connectivity index (χ1v) is 7.02. The van der Waals surface area contributed by atoms with Crippen LogP contribution in [0.4, 0.5) is 11.5 Å². The van der Waals surface area contributed by atoms with Crippen LogP contribution in [0.5, 0.6) is 0 Å². The Balaban J connectivity index is 2.78. The molecule has 0 saturated heterocycles. The van der Waals surface area contributed by atoms with Gasteiger partial charge in [-0.2, -0.15) is 5.10 Å². The van der Waals surface area contributed by atoms with Crippen molar-refractivity contribution in [3.63, 3.8) is 0 Å². The molecule has 8 heteroatoms. The van der Waals surface area contributed by atoms with Crippen LogP contribution in [-0.2, 0) is 18.3 Å². The van der Waals surface area contributed by atoms with Crippen LogP contribution in [0.3, 0.4) is 0 Å². The summed E-state index contributed by atoms with van der Waals surface area (Å²) < 4.78 is 1.48. The third-order valence-corrected chi connectivity index (χ3v) is 3.23. The maximum Gasteiger partial charge on any atom is 0.333 e. The highest BCUT2D eigenvalue weighted by molar-refractivity contribution is 5.66. The molecular formula is C13H22N4O4. The van der Waals surface area contributed by atoms with E-state index in [1.165, 1.54) is 4.68 Å². The van der Waals surface area contributed by atoms with Gasteiger partial charge >= 0.3 is 11.7 Å². The molecule has 0 radical (unpaired) electrons. The van der Waals surface area contributed by atoms with Crippen LogP contribution >= 0.6 is 0 Å². The lowest BCUT2D eigenvalue weighted by atomic mass is 10.1. The first-order chi connectivity index (χ1) is 9.86. The number of anilines is 1. The molecule has 0 aromatic carbocycles. The molecule has 1 atom stereocenters. The summed E-state index contributed by atoms with van der Waals surface area (Å²) in [5, 5.41) is 27.1. The number of aryl methyl sites for hydroxylation is 2. The van der Waals surface area contributed by atoms with Gasteiger partial charge in [-0.25, -0.2) is 4.68 Å². The van der Waals surface area contributed by atoms with Crippen LogP contribution in [-0.4, -0.2) is 32.3 Å². The molecule has 118 valence electrons. The number of hydrogen-bond donors (Lipinski definition) is 2. The molecule has 0 aliphatic heterocycles. The molecule has 1 rings (SSSR count). The third-order valence-electron chi connectivity index (χ3n) is 3.23. The normalized spacial score (nSPS) is 12.1. The van der Waals surface area contributed by atoms with Gasteiger partial charge in [-0.05, 0) is 18.8 Å². The largest absolute Gasteiger partial charge is 0.481 e. The van der Waals surface area contributed by atoms with Gasteiger partial charge in [0.1, 0.15) is 5.69 Å². The first kappa shape index (κ1) is 16.9. The summed E-state index contributed by atoms with van der Waals surface area (Å²) in [5.41, 5.74) is 0.496. The Morgan fingerprint density at radius 1 is 1.57 bits per heavy atom. The highest BCUT2D eigenvalue weighted by Gasteiger charge is 2.26. The number of carbonyl (C=O) groups is 1. The second-order valence-corrected chi connectivity index (χ2v) is 5.19. The van der Waals surface area contributed by atoms with Gasteiger partial charge < -0.3 is 10.4 Å². The smallest absolute Gasteiger partial charge is 0.333 e. The number of nitrogens with zero attached hydrogens (tertiary/aromatic N) is 3. The molecule has 1 unspecified atom stereocenters. The highest BCUT2D eigenvalue weighted by atomic mass is 16.6. The van der Waals surface area contributed by atoms with Crippen molar-refractivity contribution in [3.05, 3.63) is 15.8 Å². The van der Waals surface area contributed by atoms with Crippen molar-refractivity contribution in [1.29, 1.82) is 0 Å². The minimum absolute atomic E-state index is 0.0183. The lowest BCUT2D eigenvalue weighted by molar-refractivity contribution is -0.384. The zero-order valence-corrected chi connectivity index (χ0v) is 12.6. The van der Waals surface area contributed by atoms with Crippen molar-refractivity contribution in [2.75, 3.05) is 11.9 Å². The van der Waals surface area contributed by atoms with Crippen LogP contribution in [0.15, 0.2) is 0 Å². The van der Waals surface area contributed by atoms with E-state index >= 15 is 0 Å². The molecule has 8 nitrogen and oxygen atoms in total. The van der Waals surface area contributed by atoms with Crippen molar-refractivity contribution in [2.24, 2.45) is 13.0 Å². The topological polar surface area (TPSA) is 110 Å². The summed E-state index contributed by atoms with van der Waals surface area (Å²) in [5.74, 6) is -0.352. The average molecular weight is 298 g/mol. The Bertz CT molecular complexity index is 513. The number of hydrogen-bond acceptors (Lipinski definition) is 5. The Morgan fingerprint density at radius 3 is 2.76 bits per heavy atom. The molecule has 0 amide bonds. The minimum atomic E-state index is -0.835. The van der Waals surface area contributed by atoms with Crippen LogP contribution < -0.4 is 5.32 Å². The molecule has 0 spiro atoms. The Hall–Kier alpha value is -2.12. The van der Waals surface area contributed by atoms with E-state index in [0.717, 1.165) is 6.42 Å². The second-order valence-electron chi connectivity index (χ2n) is 5.19. The molecule has 1 heterocycles. The van der Waals surface area contributed by atoms with Gasteiger partial charge in [-0.1, -0.05) is 20.3 Å². The van der Waals surface area contributed by atoms with E-state index in [1.807, 2.05) is 13.8 Å². The molecule has 0 bridgehead atoms. The maximum absolute atomic E-state index is 11.2. The van der Waals surface area contributed by atoms with Gasteiger partial charge in [0, 0.05) is 20.0 Å². The third kappa shape index (κ3) is 4.73. The van der Waals surface area contributed by atoms with Gasteiger partial charge in [0.25, 0.3) is 0 Å². The highest BCUT2D eigenvalue weighted by Crippen LogP contribution is 2.29. The van der Waals surface area contributed by atoms with E-state index in [1.54, 1.807) is 7.05 Å². The van der Waals surface area contributed by atoms with Crippen LogP contribution in [0.2, 0.25) is 0 Å². The van der Waals surface area contributed by atoms with Crippen molar-refractivity contribution in [1.82, 2.24) is 9.78 Å². The van der Waals surface area contributed by atoms with E-state index in [-0.39, 0.29) is 18.0 Å². The van der Waals surface area contributed by atoms with E-state index in [2.05, 4.69) is 10.4 Å². The van der Waals surface area contributed by atoms with Crippen molar-refractivity contribution in [2.45, 2.75) is 39.5 Å². The number of aliphatic carboxylic acids is 1. The van der Waals surface area contributed by atoms with Crippen LogP contribution in [0, 0.1) is 16.0 Å². The van der Waals surface area contributed by atoms with E-state index in [9.17, 15) is 14.9 Å². The number of carboxylic acids is 1. The fraction of sp³-hybridized carbons (Fsp3) is 0.692. The van der Waals surface area contributed by atoms with Gasteiger partial charge in [0.05, 0.1) is 4.92 Å². The summed E-state index contributed by atoms with van der Waals surface area (Å²) in [6.07, 6.45) is 1.96. The maximum atomic E-state index is 11.2. The van der Waals surface area contributed by atoms with Gasteiger partial charge in [-0.15, -0.1) is 0 Å². The van der Waals surface area contributed by atoms with E-state index in [4.69, 9.17) is 5.11 Å². The number of nitro groups is 1. The monoisotopic (exact) mass is 298 g/mol. The summed E-state index contributed by atoms with van der Waals surface area (Å²) in [6, 6.07) is 0. The van der Waals surface area contributed by atoms with Gasteiger partial charge in [-0.3, -0.25) is 14.9 Å². The number of carboxylic acid groups (broad SMARTS) is 1. The van der Waals surface area contributed by atoms with Gasteiger partial charge in [0.15, 0.2) is 0 Å². The number of aromatic nitrogens is 2. The number of nitrogens with one attached hydrogen (secondary N) is 1. The zero-order valence-electron chi connectivity index (χ0n) is 12.6. The molecule has 0 aliphatic carbocycles. The average Bonchev–Trinajstić information content (AvgIpc) is 2.70. The summed E-state index contributed by atoms with van der Waals surface area (Å²) >= 11 is 0. The van der Waals surface area contributed by atoms with Crippen molar-refractivity contribution < 1.29 is 14.8 Å². The van der Waals surface area contributed by atoms with E-state index in [0.29, 0.717) is 30.9 Å². The van der Waals surface area contributed by atoms with Crippen LogP contribution in [0.25, 0.3) is 0 Å². The predicted molar refractivity (Wildman–Crippen MR) is 78.4 cm³/mol. The molecule has 1 aromatic heterocycles. The predicted octanol–water partition coefficient (Wildman–Crippen LogP) is 2.19. The first-order valence-electron chi connectivity index (χ1n) is 7.02. The lowest BCUT2D eigenvalue weighted by Gasteiger charge is -2.12. The second kappa shape index (κ2) is 7.61. The zero-order chi connectivity index (χ0) is 16.0. The van der Waals surface area contributed by atoms with E-state index < -0.39 is 10.9 Å². The Kier molecular flexibility index (Phi) is 6.13. The molecule has 0 saturated carbocycles. The molecule has 0 aliphatic rings. The molecule has 21 heavy (non-hydrogen) atoms. The summed E-state index contributed by atoms with van der Waals surface area (Å²) in [7, 11) is 1.66.